The van der Waals surface area contributed by atoms with E-state index in [0.29, 0.717) is 28.9 Å². The molecule has 3 atom stereocenters. The normalized spacial score (nSPS) is 20.4. The molecular weight excluding hydrogens is 365 g/mol. The number of aromatic nitrogens is 3. The highest BCUT2D eigenvalue weighted by atomic mass is 31.1. The number of hydrogen-bond acceptors (Lipinski definition) is 6. The van der Waals surface area contributed by atoms with Gasteiger partial charge in [-0.3, -0.25) is 4.79 Å². The summed E-state index contributed by atoms with van der Waals surface area (Å²) in [4.78, 5) is 26.1. The highest BCUT2D eigenvalue weighted by molar-refractivity contribution is 7.24. The monoisotopic (exact) mass is 385 g/mol. The van der Waals surface area contributed by atoms with Gasteiger partial charge in [0.25, 0.3) is 5.91 Å². The topological polar surface area (TPSA) is 113 Å². The molecule has 2 aliphatic carbocycles. The van der Waals surface area contributed by atoms with Gasteiger partial charge in [0.05, 0.1) is 29.5 Å². The molecule has 140 valence electrons. The van der Waals surface area contributed by atoms with Crippen LogP contribution < -0.4 is 5.32 Å². The maximum Gasteiger partial charge on any atom is 0.272 e. The maximum absolute atomic E-state index is 12.9. The number of nitriles is 1. The minimum Gasteiger partial charge on any atom is -0.352 e. The molecule has 2 aromatic heterocycles. The van der Waals surface area contributed by atoms with Crippen molar-refractivity contribution >= 4 is 14.9 Å². The molecule has 2 heterocycles. The number of amides is 1. The van der Waals surface area contributed by atoms with E-state index in [2.05, 4.69) is 21.5 Å². The summed E-state index contributed by atoms with van der Waals surface area (Å²) in [6.45, 7) is 3.86. The summed E-state index contributed by atoms with van der Waals surface area (Å²) in [6.07, 6.45) is 3.53. The number of fused-ring (bicyclic) bond motifs is 3. The standard InChI is InChI=1S/C18H20N5O3P/c1-18(2,9-26-27-25)21-17(24)15-13-7-11-6-12(11)16(13)23(22-15)14-5-10(8-19)3-4-20-14/h3-5,11-12,25,27H,6-7,9H2,1-2H3,(H,21,24). The van der Waals surface area contributed by atoms with Crippen molar-refractivity contribution in [3.63, 3.8) is 0 Å². The summed E-state index contributed by atoms with van der Waals surface area (Å²) in [5, 5.41) is 16.7. The van der Waals surface area contributed by atoms with Crippen molar-refractivity contribution in [2.45, 2.75) is 38.1 Å². The first-order valence-electron chi connectivity index (χ1n) is 8.75. The second-order valence-electron chi connectivity index (χ2n) is 7.66. The molecule has 1 saturated carbocycles. The minimum atomic E-state index is -0.635. The second kappa shape index (κ2) is 6.68. The molecule has 1 fully saturated rings. The van der Waals surface area contributed by atoms with E-state index in [1.54, 1.807) is 23.0 Å². The third-order valence-electron chi connectivity index (χ3n) is 5.02. The Morgan fingerprint density at radius 3 is 3.15 bits per heavy atom. The van der Waals surface area contributed by atoms with Crippen molar-refractivity contribution in [1.29, 1.82) is 5.26 Å². The van der Waals surface area contributed by atoms with Crippen molar-refractivity contribution in [3.8, 4) is 11.9 Å². The molecule has 9 heteroatoms. The second-order valence-corrected chi connectivity index (χ2v) is 8.13. The third-order valence-corrected chi connectivity index (χ3v) is 5.29. The molecule has 0 aromatic carbocycles. The number of nitrogens with one attached hydrogen (secondary N) is 1. The molecule has 4 rings (SSSR count). The van der Waals surface area contributed by atoms with Crippen LogP contribution in [0.5, 0.6) is 0 Å². The molecule has 0 aliphatic heterocycles. The lowest BCUT2D eigenvalue weighted by molar-refractivity contribution is 0.0876. The van der Waals surface area contributed by atoms with Crippen molar-refractivity contribution in [3.05, 3.63) is 40.8 Å². The van der Waals surface area contributed by atoms with E-state index in [-0.39, 0.29) is 12.5 Å². The van der Waals surface area contributed by atoms with Gasteiger partial charge >= 0.3 is 0 Å². The Hall–Kier alpha value is -2.33. The van der Waals surface area contributed by atoms with Crippen molar-refractivity contribution in [2.75, 3.05) is 6.61 Å². The smallest absolute Gasteiger partial charge is 0.272 e. The minimum absolute atomic E-state index is 0.202. The highest BCUT2D eigenvalue weighted by Gasteiger charge is 2.50. The van der Waals surface area contributed by atoms with E-state index in [0.717, 1.165) is 24.1 Å². The molecule has 1 amide bonds. The molecule has 0 spiro atoms. The Morgan fingerprint density at radius 1 is 1.59 bits per heavy atom. The number of carbonyl (C=O) groups excluding carboxylic acids is 1. The van der Waals surface area contributed by atoms with E-state index >= 15 is 0 Å². The predicted molar refractivity (Wildman–Crippen MR) is 98.7 cm³/mol. The molecule has 2 aromatic rings. The molecule has 0 bridgehead atoms. The van der Waals surface area contributed by atoms with Gasteiger partial charge in [0, 0.05) is 23.7 Å². The molecule has 3 unspecified atom stereocenters. The molecule has 2 aliphatic rings. The SMILES string of the molecule is CC(C)(COPO)NC(=O)c1nn(-c2cc(C#N)ccn2)c2c1CC1CC21. The van der Waals surface area contributed by atoms with E-state index in [9.17, 15) is 4.79 Å². The number of nitrogens with zero attached hydrogens (tertiary/aromatic N) is 4. The summed E-state index contributed by atoms with van der Waals surface area (Å²) in [5.41, 5.74) is 2.28. The maximum atomic E-state index is 12.9. The summed E-state index contributed by atoms with van der Waals surface area (Å²) < 4.78 is 6.78. The number of pyridine rings is 1. The molecular formula is C18H20N5O3P. The fourth-order valence-electron chi connectivity index (χ4n) is 3.69. The summed E-state index contributed by atoms with van der Waals surface area (Å²) in [5.74, 6) is 1.27. The Bertz CT molecular complexity index is 949. The lowest BCUT2D eigenvalue weighted by atomic mass is 10.1. The Labute approximate surface area is 158 Å². The third kappa shape index (κ3) is 3.34. The first-order valence-corrected chi connectivity index (χ1v) is 9.61. The van der Waals surface area contributed by atoms with E-state index in [4.69, 9.17) is 14.7 Å². The van der Waals surface area contributed by atoms with Crippen LogP contribution in [0.3, 0.4) is 0 Å². The number of hydrogen-bond donors (Lipinski definition) is 2. The van der Waals surface area contributed by atoms with Gasteiger partial charge < -0.3 is 14.7 Å². The first kappa shape index (κ1) is 18.1. The van der Waals surface area contributed by atoms with Crippen LogP contribution in [0.2, 0.25) is 0 Å². The molecule has 27 heavy (non-hydrogen) atoms. The van der Waals surface area contributed by atoms with Crippen LogP contribution in [0, 0.1) is 17.2 Å². The zero-order valence-corrected chi connectivity index (χ0v) is 16.1. The Balaban J connectivity index is 1.68. The van der Waals surface area contributed by atoms with Crippen LogP contribution in [0.15, 0.2) is 18.3 Å². The van der Waals surface area contributed by atoms with Gasteiger partial charge in [-0.2, -0.15) is 10.4 Å². The van der Waals surface area contributed by atoms with Crippen LogP contribution in [-0.2, 0) is 10.9 Å². The van der Waals surface area contributed by atoms with Gasteiger partial charge in [-0.15, -0.1) is 0 Å². The number of carbonyl (C=O) groups is 1. The largest absolute Gasteiger partial charge is 0.352 e. The molecule has 2 N–H and O–H groups in total. The lowest BCUT2D eigenvalue weighted by Gasteiger charge is -2.25. The van der Waals surface area contributed by atoms with Gasteiger partial charge in [0.2, 0.25) is 0 Å². The Morgan fingerprint density at radius 2 is 2.41 bits per heavy atom. The van der Waals surface area contributed by atoms with Gasteiger partial charge in [-0.25, -0.2) is 9.67 Å². The van der Waals surface area contributed by atoms with Crippen molar-refractivity contribution in [2.24, 2.45) is 5.92 Å². The van der Waals surface area contributed by atoms with E-state index in [1.165, 1.54) is 0 Å². The fraction of sp³-hybridized carbons (Fsp3) is 0.444. The van der Waals surface area contributed by atoms with Crippen LogP contribution >= 0.6 is 9.03 Å². The van der Waals surface area contributed by atoms with Gasteiger partial charge in [-0.05, 0) is 38.7 Å². The first-order chi connectivity index (χ1) is 12.9. The predicted octanol–water partition coefficient (Wildman–Crippen LogP) is 1.82. The summed E-state index contributed by atoms with van der Waals surface area (Å²) in [7, 11) is -0.619. The lowest BCUT2D eigenvalue weighted by Crippen LogP contribution is -2.46. The average molecular weight is 385 g/mol. The van der Waals surface area contributed by atoms with Crippen LogP contribution in [0.4, 0.5) is 0 Å². The molecule has 0 radical (unpaired) electrons. The molecule has 0 saturated heterocycles. The van der Waals surface area contributed by atoms with Crippen molar-refractivity contribution < 1.29 is 14.2 Å². The van der Waals surface area contributed by atoms with Gasteiger partial charge in [0.15, 0.2) is 20.5 Å². The zero-order chi connectivity index (χ0) is 19.2. The van der Waals surface area contributed by atoms with Crippen molar-refractivity contribution in [1.82, 2.24) is 20.1 Å². The van der Waals surface area contributed by atoms with E-state index < -0.39 is 14.6 Å². The van der Waals surface area contributed by atoms with Crippen LogP contribution in [-0.4, -0.2) is 37.7 Å². The summed E-state index contributed by atoms with van der Waals surface area (Å²) >= 11 is 0. The highest BCUT2D eigenvalue weighted by Crippen LogP contribution is 2.57. The van der Waals surface area contributed by atoms with Crippen LogP contribution in [0.25, 0.3) is 5.82 Å². The summed E-state index contributed by atoms with van der Waals surface area (Å²) in [6, 6.07) is 5.44. The average Bonchev–Trinajstić information content (AvgIpc) is 3.15. The fourth-order valence-corrected chi connectivity index (χ4v) is 4.12. The zero-order valence-electron chi connectivity index (χ0n) is 15.1. The van der Waals surface area contributed by atoms with Gasteiger partial charge in [0.1, 0.15) is 0 Å². The van der Waals surface area contributed by atoms with Crippen LogP contribution in [0.1, 0.15) is 53.5 Å². The van der Waals surface area contributed by atoms with Gasteiger partial charge in [-0.1, -0.05) is 0 Å². The number of rotatable bonds is 6. The molecule has 8 nitrogen and oxygen atoms in total. The Kier molecular flexibility index (Phi) is 4.47. The van der Waals surface area contributed by atoms with E-state index in [1.807, 2.05) is 13.8 Å². The quantitative estimate of drug-likeness (QED) is 0.734.